The summed E-state index contributed by atoms with van der Waals surface area (Å²) in [7, 11) is 0. The van der Waals surface area contributed by atoms with Crippen molar-refractivity contribution in [1.29, 1.82) is 0 Å². The number of nitrogens with zero attached hydrogens (tertiary/aromatic N) is 1. The molecule has 0 bridgehead atoms. The van der Waals surface area contributed by atoms with Crippen molar-refractivity contribution >= 4 is 6.09 Å². The summed E-state index contributed by atoms with van der Waals surface area (Å²) in [5, 5.41) is 0. The molecule has 0 aliphatic rings. The number of nitrogens with two attached hydrogens (primary N) is 1. The van der Waals surface area contributed by atoms with E-state index >= 15 is 0 Å². The molecule has 7 heteroatoms. The van der Waals surface area contributed by atoms with E-state index in [0.29, 0.717) is 32.0 Å². The molecule has 0 aromatic heterocycles. The lowest BCUT2D eigenvalue weighted by atomic mass is 10.1. The smallest absolute Gasteiger partial charge is 0.415 e. The van der Waals surface area contributed by atoms with Crippen molar-refractivity contribution in [2.24, 2.45) is 5.73 Å². The molecule has 24 heavy (non-hydrogen) atoms. The van der Waals surface area contributed by atoms with Crippen LogP contribution in [-0.4, -0.2) is 36.2 Å². The van der Waals surface area contributed by atoms with E-state index in [1.807, 2.05) is 20.8 Å². The van der Waals surface area contributed by atoms with Crippen LogP contribution in [0.3, 0.4) is 0 Å². The van der Waals surface area contributed by atoms with Gasteiger partial charge in [0.25, 0.3) is 0 Å². The Labute approximate surface area is 141 Å². The Balaban J connectivity index is 2.98. The number of ether oxygens (including phenoxy) is 2. The number of benzene rings is 1. The fraction of sp³-hybridized carbons (Fsp3) is 0.588. The normalized spacial score (nSPS) is 11.3. The van der Waals surface area contributed by atoms with Crippen LogP contribution in [0.2, 0.25) is 0 Å². The van der Waals surface area contributed by atoms with Gasteiger partial charge in [-0.1, -0.05) is 0 Å². The third-order valence-electron chi connectivity index (χ3n) is 3.36. The van der Waals surface area contributed by atoms with Crippen LogP contribution in [0.4, 0.5) is 13.6 Å². The summed E-state index contributed by atoms with van der Waals surface area (Å²) in [5.41, 5.74) is 4.90. The molecule has 0 radical (unpaired) electrons. The molecule has 0 fully saturated rings. The van der Waals surface area contributed by atoms with E-state index in [2.05, 4.69) is 0 Å². The lowest BCUT2D eigenvalue weighted by molar-refractivity contribution is 0.109. The summed E-state index contributed by atoms with van der Waals surface area (Å²) in [6.07, 6.45) is 0.636. The molecule has 2 N–H and O–H groups in total. The fourth-order valence-electron chi connectivity index (χ4n) is 2.20. The molecule has 0 atom stereocenters. The van der Waals surface area contributed by atoms with Crippen LogP contribution in [0.5, 0.6) is 11.5 Å². The third kappa shape index (κ3) is 5.63. The number of hydrogen-bond donors (Lipinski definition) is 1. The average molecular weight is 344 g/mol. The minimum absolute atomic E-state index is 0.196. The molecular weight excluding hydrogens is 318 g/mol. The molecule has 1 aromatic carbocycles. The molecule has 0 heterocycles. The van der Waals surface area contributed by atoms with Gasteiger partial charge in [0.2, 0.25) is 0 Å². The van der Waals surface area contributed by atoms with Crippen LogP contribution in [0.15, 0.2) is 12.1 Å². The van der Waals surface area contributed by atoms with E-state index in [0.717, 1.165) is 6.07 Å². The average Bonchev–Trinajstić information content (AvgIpc) is 2.44. The largest absolute Gasteiger partial charge is 0.487 e. The second kappa shape index (κ2) is 8.82. The van der Waals surface area contributed by atoms with Crippen LogP contribution in [0.25, 0.3) is 0 Å². The van der Waals surface area contributed by atoms with Gasteiger partial charge in [-0.3, -0.25) is 0 Å². The summed E-state index contributed by atoms with van der Waals surface area (Å²) in [4.78, 5) is 13.8. The summed E-state index contributed by atoms with van der Waals surface area (Å²) in [5.74, 6) is -2.30. The number of carbonyl (C=O) groups is 1. The fourth-order valence-corrected chi connectivity index (χ4v) is 2.20. The highest BCUT2D eigenvalue weighted by molar-refractivity contribution is 5.72. The quantitative estimate of drug-likeness (QED) is 0.766. The molecule has 5 nitrogen and oxygen atoms in total. The number of unbranched alkanes of at least 4 members (excludes halogenated alkanes) is 1. The maximum absolute atomic E-state index is 14.0. The SMILES string of the molecule is CCN(C(=O)Oc1cc(F)cc(F)c1OCCCCN)C(C)(C)C. The van der Waals surface area contributed by atoms with Crippen molar-refractivity contribution in [3.05, 3.63) is 23.8 Å². The topological polar surface area (TPSA) is 64.8 Å². The van der Waals surface area contributed by atoms with Crippen LogP contribution >= 0.6 is 0 Å². The van der Waals surface area contributed by atoms with Gasteiger partial charge in [0.15, 0.2) is 17.3 Å². The minimum Gasteiger partial charge on any atom is -0.487 e. The van der Waals surface area contributed by atoms with E-state index in [9.17, 15) is 13.6 Å². The van der Waals surface area contributed by atoms with E-state index in [4.69, 9.17) is 15.2 Å². The molecule has 0 spiro atoms. The predicted molar refractivity (Wildman–Crippen MR) is 88.3 cm³/mol. The van der Waals surface area contributed by atoms with Gasteiger partial charge in [0, 0.05) is 24.2 Å². The highest BCUT2D eigenvalue weighted by atomic mass is 19.1. The first-order valence-corrected chi connectivity index (χ1v) is 8.02. The highest BCUT2D eigenvalue weighted by Gasteiger charge is 2.28. The highest BCUT2D eigenvalue weighted by Crippen LogP contribution is 2.32. The monoisotopic (exact) mass is 344 g/mol. The Morgan fingerprint density at radius 2 is 1.92 bits per heavy atom. The second-order valence-electron chi connectivity index (χ2n) is 6.34. The van der Waals surface area contributed by atoms with Gasteiger partial charge in [-0.05, 0) is 47.1 Å². The van der Waals surface area contributed by atoms with Crippen molar-refractivity contribution in [3.63, 3.8) is 0 Å². The lowest BCUT2D eigenvalue weighted by Crippen LogP contribution is -2.46. The third-order valence-corrected chi connectivity index (χ3v) is 3.36. The Morgan fingerprint density at radius 3 is 2.46 bits per heavy atom. The van der Waals surface area contributed by atoms with Crippen molar-refractivity contribution in [2.75, 3.05) is 19.7 Å². The van der Waals surface area contributed by atoms with Gasteiger partial charge in [-0.25, -0.2) is 13.6 Å². The molecule has 136 valence electrons. The molecule has 1 amide bonds. The first-order chi connectivity index (χ1) is 11.2. The van der Waals surface area contributed by atoms with E-state index in [1.54, 1.807) is 6.92 Å². The summed E-state index contributed by atoms with van der Waals surface area (Å²) in [6, 6.07) is 1.63. The Hall–Kier alpha value is -1.89. The van der Waals surface area contributed by atoms with Gasteiger partial charge in [-0.15, -0.1) is 0 Å². The number of rotatable bonds is 7. The molecule has 0 aliphatic carbocycles. The minimum atomic E-state index is -0.913. The van der Waals surface area contributed by atoms with Gasteiger partial charge < -0.3 is 20.1 Å². The number of hydrogen-bond acceptors (Lipinski definition) is 4. The van der Waals surface area contributed by atoms with Crippen molar-refractivity contribution in [1.82, 2.24) is 4.90 Å². The van der Waals surface area contributed by atoms with Gasteiger partial charge in [0.1, 0.15) is 5.82 Å². The maximum atomic E-state index is 14.0. The molecule has 1 rings (SSSR count). The summed E-state index contributed by atoms with van der Waals surface area (Å²) >= 11 is 0. The van der Waals surface area contributed by atoms with E-state index < -0.39 is 23.3 Å². The zero-order valence-electron chi connectivity index (χ0n) is 14.7. The first-order valence-electron chi connectivity index (χ1n) is 8.02. The Bertz CT molecular complexity index is 560. The van der Waals surface area contributed by atoms with Crippen molar-refractivity contribution < 1.29 is 23.0 Å². The number of halogens is 2. The van der Waals surface area contributed by atoms with Gasteiger partial charge >= 0.3 is 6.09 Å². The first kappa shape index (κ1) is 20.2. The van der Waals surface area contributed by atoms with Gasteiger partial charge in [0.05, 0.1) is 6.61 Å². The van der Waals surface area contributed by atoms with E-state index in [-0.39, 0.29) is 18.1 Å². The van der Waals surface area contributed by atoms with E-state index in [1.165, 1.54) is 4.90 Å². The molecule has 0 unspecified atom stereocenters. The lowest BCUT2D eigenvalue weighted by Gasteiger charge is -2.33. The maximum Gasteiger partial charge on any atom is 0.415 e. The Kier molecular flexibility index (Phi) is 7.41. The standard InChI is InChI=1S/C17H26F2N2O3/c1-5-21(17(2,3)4)16(22)24-14-11-12(18)10-13(19)15(14)23-9-7-6-8-20/h10-11H,5-9,20H2,1-4H3. The van der Waals surface area contributed by atoms with Crippen molar-refractivity contribution in [3.8, 4) is 11.5 Å². The van der Waals surface area contributed by atoms with Crippen LogP contribution in [0.1, 0.15) is 40.5 Å². The van der Waals surface area contributed by atoms with Crippen LogP contribution in [-0.2, 0) is 0 Å². The zero-order valence-corrected chi connectivity index (χ0v) is 14.7. The Morgan fingerprint density at radius 1 is 1.25 bits per heavy atom. The molecule has 1 aromatic rings. The molecule has 0 aliphatic heterocycles. The number of amides is 1. The van der Waals surface area contributed by atoms with Gasteiger partial charge in [-0.2, -0.15) is 0 Å². The molecule has 0 saturated heterocycles. The molecule has 0 saturated carbocycles. The van der Waals surface area contributed by atoms with Crippen LogP contribution in [0, 0.1) is 11.6 Å². The van der Waals surface area contributed by atoms with Crippen molar-refractivity contribution in [2.45, 2.75) is 46.1 Å². The van der Waals surface area contributed by atoms with Crippen LogP contribution < -0.4 is 15.2 Å². The summed E-state index contributed by atoms with van der Waals surface area (Å²) in [6.45, 7) is 8.40. The molecular formula is C17H26F2N2O3. The predicted octanol–water partition coefficient (Wildman–Crippen LogP) is 3.70. The number of carbonyl (C=O) groups excluding carboxylic acids is 1. The zero-order chi connectivity index (χ0) is 18.3. The summed E-state index contributed by atoms with van der Waals surface area (Å²) < 4.78 is 38.0. The second-order valence-corrected chi connectivity index (χ2v) is 6.34.